The Morgan fingerprint density at radius 1 is 1.15 bits per heavy atom. The van der Waals surface area contributed by atoms with Crippen molar-refractivity contribution in [3.05, 3.63) is 64.9 Å². The zero-order valence-electron chi connectivity index (χ0n) is 15.9. The Labute approximate surface area is 158 Å². The van der Waals surface area contributed by atoms with Crippen LogP contribution in [0.2, 0.25) is 0 Å². The molecule has 1 heterocycles. The Hall–Kier alpha value is -3.21. The number of hydrogen-bond donors (Lipinski definition) is 0. The van der Waals surface area contributed by atoms with Crippen molar-refractivity contribution in [3.8, 4) is 23.0 Å². The summed E-state index contributed by atoms with van der Waals surface area (Å²) in [6, 6.07) is 8.97. The summed E-state index contributed by atoms with van der Waals surface area (Å²) in [5.41, 5.74) is 2.91. The zero-order chi connectivity index (χ0) is 19.6. The maximum Gasteiger partial charge on any atom is 0.231 e. The van der Waals surface area contributed by atoms with Gasteiger partial charge in [0.05, 0.1) is 19.8 Å². The van der Waals surface area contributed by atoms with Crippen LogP contribution in [0, 0.1) is 6.92 Å². The number of benzene rings is 2. The molecule has 0 aliphatic carbocycles. The summed E-state index contributed by atoms with van der Waals surface area (Å²) in [5.74, 6) is 2.38. The monoisotopic (exact) mass is 366 g/mol. The van der Waals surface area contributed by atoms with Gasteiger partial charge in [0, 0.05) is 11.1 Å². The van der Waals surface area contributed by atoms with Gasteiger partial charge in [0.2, 0.25) is 5.78 Å². The van der Waals surface area contributed by atoms with Gasteiger partial charge in [-0.2, -0.15) is 0 Å². The number of ketones is 1. The molecule has 0 aromatic heterocycles. The van der Waals surface area contributed by atoms with Crippen LogP contribution in [0.25, 0.3) is 6.08 Å². The largest absolute Gasteiger partial charge is 0.493 e. The standard InChI is InChI=1S/C22H22O5/c1-13(2)12-26-17-10-9-16-20(23)19(27-21(16)14(17)3)11-15-7-6-8-18(24-4)22(15)25-5/h6-11H,1,12H2,2-5H3/b19-11-. The molecule has 0 saturated carbocycles. The van der Waals surface area contributed by atoms with Crippen molar-refractivity contribution in [2.45, 2.75) is 13.8 Å². The van der Waals surface area contributed by atoms with Crippen LogP contribution in [-0.4, -0.2) is 26.6 Å². The zero-order valence-corrected chi connectivity index (χ0v) is 15.9. The molecule has 0 saturated heterocycles. The fraction of sp³-hybridized carbons (Fsp3) is 0.227. The first-order chi connectivity index (χ1) is 13.0. The third-order valence-electron chi connectivity index (χ3n) is 4.23. The van der Waals surface area contributed by atoms with Crippen molar-refractivity contribution in [1.82, 2.24) is 0 Å². The van der Waals surface area contributed by atoms with Crippen LogP contribution in [0.5, 0.6) is 23.0 Å². The van der Waals surface area contributed by atoms with Crippen molar-refractivity contribution >= 4 is 11.9 Å². The lowest BCUT2D eigenvalue weighted by Gasteiger charge is -2.11. The van der Waals surface area contributed by atoms with Gasteiger partial charge in [-0.3, -0.25) is 4.79 Å². The number of carbonyl (C=O) groups is 1. The van der Waals surface area contributed by atoms with Crippen molar-refractivity contribution in [1.29, 1.82) is 0 Å². The highest BCUT2D eigenvalue weighted by Gasteiger charge is 2.30. The summed E-state index contributed by atoms with van der Waals surface area (Å²) in [6.07, 6.45) is 1.66. The Bertz CT molecular complexity index is 940. The minimum Gasteiger partial charge on any atom is -0.493 e. The quantitative estimate of drug-likeness (QED) is 0.553. The van der Waals surface area contributed by atoms with E-state index >= 15 is 0 Å². The van der Waals surface area contributed by atoms with Crippen molar-refractivity contribution in [3.63, 3.8) is 0 Å². The molecule has 0 amide bonds. The van der Waals surface area contributed by atoms with Crippen molar-refractivity contribution < 1.29 is 23.7 Å². The van der Waals surface area contributed by atoms with Gasteiger partial charge in [-0.05, 0) is 43.7 Å². The lowest BCUT2D eigenvalue weighted by molar-refractivity contribution is 0.101. The molecular weight excluding hydrogens is 344 g/mol. The van der Waals surface area contributed by atoms with Gasteiger partial charge in [-0.1, -0.05) is 18.7 Å². The minimum absolute atomic E-state index is 0.176. The number of para-hydroxylation sites is 1. The number of ether oxygens (including phenoxy) is 4. The molecule has 0 unspecified atom stereocenters. The van der Waals surface area contributed by atoms with E-state index in [1.807, 2.05) is 26.0 Å². The van der Waals surface area contributed by atoms with Crippen LogP contribution in [0.4, 0.5) is 0 Å². The second-order valence-corrected chi connectivity index (χ2v) is 6.33. The Morgan fingerprint density at radius 3 is 2.59 bits per heavy atom. The van der Waals surface area contributed by atoms with E-state index in [2.05, 4.69) is 6.58 Å². The Morgan fingerprint density at radius 2 is 1.93 bits per heavy atom. The highest BCUT2D eigenvalue weighted by molar-refractivity contribution is 6.15. The molecule has 27 heavy (non-hydrogen) atoms. The number of Topliss-reactive ketones (excluding diaryl/α,β-unsaturated/α-hetero) is 1. The van der Waals surface area contributed by atoms with E-state index in [4.69, 9.17) is 18.9 Å². The van der Waals surface area contributed by atoms with Gasteiger partial charge in [-0.15, -0.1) is 0 Å². The molecule has 1 aliphatic heterocycles. The van der Waals surface area contributed by atoms with Crippen LogP contribution in [-0.2, 0) is 0 Å². The molecule has 5 heteroatoms. The van der Waals surface area contributed by atoms with Gasteiger partial charge in [-0.25, -0.2) is 0 Å². The number of rotatable bonds is 6. The van der Waals surface area contributed by atoms with Crippen LogP contribution in [0.15, 0.2) is 48.2 Å². The molecule has 0 spiro atoms. The molecule has 1 aliphatic rings. The topological polar surface area (TPSA) is 54.0 Å². The maximum absolute atomic E-state index is 12.8. The van der Waals surface area contributed by atoms with Gasteiger partial charge >= 0.3 is 0 Å². The molecule has 5 nitrogen and oxygen atoms in total. The number of hydrogen-bond acceptors (Lipinski definition) is 5. The smallest absolute Gasteiger partial charge is 0.231 e. The molecule has 2 aromatic rings. The highest BCUT2D eigenvalue weighted by Crippen LogP contribution is 2.40. The highest BCUT2D eigenvalue weighted by atomic mass is 16.5. The lowest BCUT2D eigenvalue weighted by atomic mass is 10.1. The predicted molar refractivity (Wildman–Crippen MR) is 104 cm³/mol. The third kappa shape index (κ3) is 3.53. The first kappa shape index (κ1) is 18.6. The van der Waals surface area contributed by atoms with Crippen LogP contribution in [0.1, 0.15) is 28.4 Å². The van der Waals surface area contributed by atoms with E-state index in [0.29, 0.717) is 40.7 Å². The van der Waals surface area contributed by atoms with E-state index in [9.17, 15) is 4.79 Å². The molecule has 0 N–H and O–H groups in total. The van der Waals surface area contributed by atoms with Crippen LogP contribution in [0.3, 0.4) is 0 Å². The van der Waals surface area contributed by atoms with E-state index in [1.54, 1.807) is 38.5 Å². The average molecular weight is 366 g/mol. The molecule has 0 radical (unpaired) electrons. The second-order valence-electron chi connectivity index (χ2n) is 6.33. The molecule has 0 fully saturated rings. The summed E-state index contributed by atoms with van der Waals surface area (Å²) < 4.78 is 22.3. The van der Waals surface area contributed by atoms with Crippen molar-refractivity contribution in [2.75, 3.05) is 20.8 Å². The fourth-order valence-electron chi connectivity index (χ4n) is 2.89. The summed E-state index contributed by atoms with van der Waals surface area (Å²) in [5, 5.41) is 0. The average Bonchev–Trinajstić information content (AvgIpc) is 2.97. The summed E-state index contributed by atoms with van der Waals surface area (Å²) in [7, 11) is 3.12. The van der Waals surface area contributed by atoms with Gasteiger partial charge < -0.3 is 18.9 Å². The molecule has 2 aromatic carbocycles. The van der Waals surface area contributed by atoms with E-state index in [1.165, 1.54) is 0 Å². The number of fused-ring (bicyclic) bond motifs is 1. The molecule has 3 rings (SSSR count). The molecule has 0 bridgehead atoms. The van der Waals surface area contributed by atoms with Crippen molar-refractivity contribution in [2.24, 2.45) is 0 Å². The van der Waals surface area contributed by atoms with Gasteiger partial charge in [0.15, 0.2) is 17.3 Å². The SMILES string of the molecule is C=C(C)COc1ccc2c(c1C)O/C(=C\c1cccc(OC)c1OC)C2=O. The van der Waals surface area contributed by atoms with E-state index < -0.39 is 0 Å². The first-order valence-electron chi connectivity index (χ1n) is 8.52. The Balaban J connectivity index is 1.97. The minimum atomic E-state index is -0.176. The molecular formula is C22H22O5. The third-order valence-corrected chi connectivity index (χ3v) is 4.23. The van der Waals surface area contributed by atoms with Crippen LogP contribution >= 0.6 is 0 Å². The second kappa shape index (κ2) is 7.58. The van der Waals surface area contributed by atoms with E-state index in [-0.39, 0.29) is 11.5 Å². The van der Waals surface area contributed by atoms with Gasteiger partial charge in [0.25, 0.3) is 0 Å². The number of allylic oxidation sites excluding steroid dienone is 1. The normalized spacial score (nSPS) is 13.9. The predicted octanol–water partition coefficient (Wildman–Crippen LogP) is 4.58. The number of methoxy groups -OCH3 is 2. The lowest BCUT2D eigenvalue weighted by Crippen LogP contribution is -2.00. The summed E-state index contributed by atoms with van der Waals surface area (Å²) in [6.45, 7) is 8.01. The molecule has 0 atom stereocenters. The fourth-order valence-corrected chi connectivity index (χ4v) is 2.89. The Kier molecular flexibility index (Phi) is 5.21. The van der Waals surface area contributed by atoms with Crippen LogP contribution < -0.4 is 18.9 Å². The number of carbonyl (C=O) groups excluding carboxylic acids is 1. The van der Waals surface area contributed by atoms with Gasteiger partial charge in [0.1, 0.15) is 18.1 Å². The molecule has 140 valence electrons. The summed E-state index contributed by atoms with van der Waals surface area (Å²) in [4.78, 5) is 12.8. The first-order valence-corrected chi connectivity index (χ1v) is 8.52. The summed E-state index contributed by atoms with van der Waals surface area (Å²) >= 11 is 0. The maximum atomic E-state index is 12.8. The van der Waals surface area contributed by atoms with E-state index in [0.717, 1.165) is 11.1 Å².